The zero-order valence-electron chi connectivity index (χ0n) is 13.2. The molecule has 1 N–H and O–H groups in total. The zero-order valence-corrected chi connectivity index (χ0v) is 14.1. The maximum atomic E-state index is 12.5. The summed E-state index contributed by atoms with van der Waals surface area (Å²) in [4.78, 5) is 13.5. The first-order valence-electron chi connectivity index (χ1n) is 7.61. The van der Waals surface area contributed by atoms with Gasteiger partial charge in [0.05, 0.1) is 11.6 Å². The molecule has 0 spiro atoms. The summed E-state index contributed by atoms with van der Waals surface area (Å²) in [6.07, 6.45) is 1.98. The van der Waals surface area contributed by atoms with Gasteiger partial charge in [0.15, 0.2) is 0 Å². The number of benzene rings is 3. The molecule has 1 unspecified atom stereocenters. The van der Waals surface area contributed by atoms with Crippen molar-refractivity contribution >= 4 is 28.4 Å². The largest absolute Gasteiger partial charge is 0.345 e. The van der Waals surface area contributed by atoms with Crippen LogP contribution in [-0.4, -0.2) is 12.2 Å². The molecule has 0 heterocycles. The van der Waals surface area contributed by atoms with Gasteiger partial charge in [-0.15, -0.1) is 11.8 Å². The number of hydrogen-bond acceptors (Lipinski definition) is 2. The van der Waals surface area contributed by atoms with E-state index in [1.165, 1.54) is 10.8 Å². The first kappa shape index (κ1) is 15.6. The van der Waals surface area contributed by atoms with Crippen LogP contribution in [0.25, 0.3) is 10.8 Å². The summed E-state index contributed by atoms with van der Waals surface area (Å²) in [6.45, 7) is 2.02. The molecule has 3 heteroatoms. The number of amides is 1. The molecule has 3 aromatic rings. The fraction of sp³-hybridized carbons (Fsp3) is 0.150. The van der Waals surface area contributed by atoms with Crippen LogP contribution < -0.4 is 5.32 Å². The molecule has 23 heavy (non-hydrogen) atoms. The second kappa shape index (κ2) is 6.88. The van der Waals surface area contributed by atoms with Gasteiger partial charge in [0.25, 0.3) is 5.91 Å². The predicted molar refractivity (Wildman–Crippen MR) is 98.1 cm³/mol. The van der Waals surface area contributed by atoms with Crippen molar-refractivity contribution in [3.8, 4) is 0 Å². The summed E-state index contributed by atoms with van der Waals surface area (Å²) in [7, 11) is 0. The first-order valence-corrected chi connectivity index (χ1v) is 8.84. The summed E-state index contributed by atoms with van der Waals surface area (Å²) in [5, 5.41) is 5.50. The van der Waals surface area contributed by atoms with E-state index in [4.69, 9.17) is 0 Å². The zero-order chi connectivity index (χ0) is 16.2. The van der Waals surface area contributed by atoms with E-state index in [1.54, 1.807) is 11.8 Å². The Hall–Kier alpha value is -2.26. The van der Waals surface area contributed by atoms with Gasteiger partial charge in [0.2, 0.25) is 0 Å². The second-order valence-electron chi connectivity index (χ2n) is 5.50. The van der Waals surface area contributed by atoms with Crippen LogP contribution in [0.15, 0.2) is 71.6 Å². The quantitative estimate of drug-likeness (QED) is 0.681. The first-order chi connectivity index (χ1) is 11.2. The predicted octanol–water partition coefficient (Wildman–Crippen LogP) is 5.05. The number of carbonyl (C=O) groups excluding carboxylic acids is 1. The molecule has 3 aromatic carbocycles. The van der Waals surface area contributed by atoms with Gasteiger partial charge in [-0.25, -0.2) is 0 Å². The smallest absolute Gasteiger partial charge is 0.252 e. The van der Waals surface area contributed by atoms with Crippen LogP contribution in [0.2, 0.25) is 0 Å². The molecule has 1 atom stereocenters. The van der Waals surface area contributed by atoms with Gasteiger partial charge in [-0.1, -0.05) is 48.5 Å². The van der Waals surface area contributed by atoms with Crippen LogP contribution in [0.3, 0.4) is 0 Å². The van der Waals surface area contributed by atoms with Gasteiger partial charge in [-0.05, 0) is 47.7 Å². The van der Waals surface area contributed by atoms with Crippen LogP contribution in [0.5, 0.6) is 0 Å². The Bertz CT molecular complexity index is 844. The maximum Gasteiger partial charge on any atom is 0.252 e. The number of carbonyl (C=O) groups is 1. The van der Waals surface area contributed by atoms with Gasteiger partial charge in [-0.3, -0.25) is 4.79 Å². The number of hydrogen-bond donors (Lipinski definition) is 1. The van der Waals surface area contributed by atoms with E-state index in [9.17, 15) is 4.79 Å². The van der Waals surface area contributed by atoms with E-state index in [1.807, 2.05) is 49.6 Å². The second-order valence-corrected chi connectivity index (χ2v) is 6.35. The molecule has 0 radical (unpaired) electrons. The van der Waals surface area contributed by atoms with Crippen LogP contribution in [0.1, 0.15) is 28.9 Å². The van der Waals surface area contributed by atoms with Crippen LogP contribution in [0.4, 0.5) is 0 Å². The minimum absolute atomic E-state index is 0.0318. The summed E-state index contributed by atoms with van der Waals surface area (Å²) in [5.74, 6) is -0.0318. The molecule has 0 saturated carbocycles. The molecule has 0 aliphatic carbocycles. The Morgan fingerprint density at radius 1 is 0.957 bits per heavy atom. The van der Waals surface area contributed by atoms with Crippen molar-refractivity contribution in [3.05, 3.63) is 77.9 Å². The molecule has 0 bridgehead atoms. The Morgan fingerprint density at radius 3 is 2.43 bits per heavy atom. The highest BCUT2D eigenvalue weighted by atomic mass is 32.2. The highest BCUT2D eigenvalue weighted by Gasteiger charge is 2.14. The molecule has 0 aliphatic rings. The summed E-state index contributed by atoms with van der Waals surface area (Å²) < 4.78 is 0. The highest BCUT2D eigenvalue weighted by molar-refractivity contribution is 7.98. The molecule has 0 saturated heterocycles. The van der Waals surface area contributed by atoms with E-state index in [2.05, 4.69) is 35.6 Å². The average Bonchev–Trinajstić information content (AvgIpc) is 2.61. The molecule has 116 valence electrons. The van der Waals surface area contributed by atoms with Crippen LogP contribution in [-0.2, 0) is 0 Å². The third kappa shape index (κ3) is 3.40. The fourth-order valence-electron chi connectivity index (χ4n) is 2.67. The maximum absolute atomic E-state index is 12.5. The lowest BCUT2D eigenvalue weighted by Crippen LogP contribution is -2.27. The molecule has 3 rings (SSSR count). The number of nitrogens with one attached hydrogen (secondary N) is 1. The van der Waals surface area contributed by atoms with Gasteiger partial charge in [-0.2, -0.15) is 0 Å². The van der Waals surface area contributed by atoms with Crippen LogP contribution in [0, 0.1) is 0 Å². The standard InChI is InChI=1S/C20H19NOS/c1-14(16-12-11-15-7-3-4-8-17(15)13-16)21-20(22)18-9-5-6-10-19(18)23-2/h3-14H,1-2H3,(H,21,22). The van der Waals surface area contributed by atoms with Gasteiger partial charge in [0, 0.05) is 4.90 Å². The van der Waals surface area contributed by atoms with Gasteiger partial charge in [0.1, 0.15) is 0 Å². The molecule has 0 aromatic heterocycles. The lowest BCUT2D eigenvalue weighted by molar-refractivity contribution is 0.0937. The third-order valence-corrected chi connectivity index (χ3v) is 4.77. The van der Waals surface area contributed by atoms with E-state index in [0.717, 1.165) is 16.0 Å². The summed E-state index contributed by atoms with van der Waals surface area (Å²) >= 11 is 1.59. The van der Waals surface area contributed by atoms with E-state index in [0.29, 0.717) is 0 Å². The minimum Gasteiger partial charge on any atom is -0.345 e. The normalized spacial score (nSPS) is 12.1. The summed E-state index contributed by atoms with van der Waals surface area (Å²) in [6, 6.07) is 22.2. The van der Waals surface area contributed by atoms with Gasteiger partial charge < -0.3 is 5.32 Å². The number of rotatable bonds is 4. The molecule has 0 fully saturated rings. The lowest BCUT2D eigenvalue weighted by atomic mass is 10.0. The summed E-state index contributed by atoms with van der Waals surface area (Å²) in [5.41, 5.74) is 1.84. The van der Waals surface area contributed by atoms with Crippen LogP contribution >= 0.6 is 11.8 Å². The van der Waals surface area contributed by atoms with Crippen molar-refractivity contribution in [2.45, 2.75) is 17.9 Å². The highest BCUT2D eigenvalue weighted by Crippen LogP contribution is 2.23. The van der Waals surface area contributed by atoms with Crippen molar-refractivity contribution in [2.24, 2.45) is 0 Å². The van der Waals surface area contributed by atoms with Crippen molar-refractivity contribution < 1.29 is 4.79 Å². The Morgan fingerprint density at radius 2 is 1.65 bits per heavy atom. The van der Waals surface area contributed by atoms with Gasteiger partial charge >= 0.3 is 0 Å². The minimum atomic E-state index is -0.0398. The Labute approximate surface area is 140 Å². The van der Waals surface area contributed by atoms with E-state index >= 15 is 0 Å². The SMILES string of the molecule is CSc1ccccc1C(=O)NC(C)c1ccc2ccccc2c1. The average molecular weight is 321 g/mol. The van der Waals surface area contributed by atoms with E-state index < -0.39 is 0 Å². The number of fused-ring (bicyclic) bond motifs is 1. The molecule has 1 amide bonds. The number of thioether (sulfide) groups is 1. The monoisotopic (exact) mass is 321 g/mol. The van der Waals surface area contributed by atoms with E-state index in [-0.39, 0.29) is 11.9 Å². The molecular formula is C20H19NOS. The van der Waals surface area contributed by atoms with Crippen molar-refractivity contribution in [3.63, 3.8) is 0 Å². The molecule has 0 aliphatic heterocycles. The fourth-order valence-corrected chi connectivity index (χ4v) is 3.26. The lowest BCUT2D eigenvalue weighted by Gasteiger charge is -2.16. The Kier molecular flexibility index (Phi) is 4.68. The Balaban J connectivity index is 1.82. The van der Waals surface area contributed by atoms with Crippen molar-refractivity contribution in [1.29, 1.82) is 0 Å². The van der Waals surface area contributed by atoms with Crippen molar-refractivity contribution in [1.82, 2.24) is 5.32 Å². The topological polar surface area (TPSA) is 29.1 Å². The molecule has 2 nitrogen and oxygen atoms in total. The third-order valence-electron chi connectivity index (χ3n) is 3.97. The van der Waals surface area contributed by atoms with Crippen molar-refractivity contribution in [2.75, 3.05) is 6.26 Å². The molecular weight excluding hydrogens is 302 g/mol.